The lowest BCUT2D eigenvalue weighted by Crippen LogP contribution is -2.39. The maximum absolute atomic E-state index is 12.8. The fraction of sp³-hybridized carbons (Fsp3) is 0.316. The summed E-state index contributed by atoms with van der Waals surface area (Å²) in [6, 6.07) is 7.74. The maximum Gasteiger partial charge on any atom is 0.242 e. The number of carbonyl (C=O) groups excluding carboxylic acids is 1. The molecular formula is C19H16Cl2N6O2. The Morgan fingerprint density at radius 1 is 1.14 bits per heavy atom. The Hall–Kier alpha value is -2.71. The molecule has 1 aliphatic rings. The minimum Gasteiger partial charge on any atom is -0.440 e. The van der Waals surface area contributed by atoms with E-state index in [1.54, 1.807) is 4.57 Å². The van der Waals surface area contributed by atoms with Crippen LogP contribution in [-0.2, 0) is 11.3 Å². The molecule has 1 aromatic carbocycles. The summed E-state index contributed by atoms with van der Waals surface area (Å²) in [5.41, 5.74) is 2.54. The van der Waals surface area contributed by atoms with Gasteiger partial charge < -0.3 is 13.9 Å². The summed E-state index contributed by atoms with van der Waals surface area (Å²) < 4.78 is 7.55. The normalized spacial score (nSPS) is 15.4. The van der Waals surface area contributed by atoms with E-state index in [9.17, 15) is 4.79 Å². The standard InChI is InChI=1S/C19H16Cl2N6O2/c20-16-15-17(25-19(21)24-16)22-10-27(15)9-14(28)26-7-5-11(6-8-26)18-23-12-3-1-2-4-13(12)29-18/h1-4,10-11H,5-9H2. The molecule has 1 saturated heterocycles. The van der Waals surface area contributed by atoms with Crippen LogP contribution in [0.5, 0.6) is 0 Å². The number of aromatic nitrogens is 5. The van der Waals surface area contributed by atoms with Crippen LogP contribution in [0, 0.1) is 0 Å². The number of oxazole rings is 1. The number of carbonyl (C=O) groups is 1. The topological polar surface area (TPSA) is 89.9 Å². The van der Waals surface area contributed by atoms with E-state index in [2.05, 4.69) is 19.9 Å². The van der Waals surface area contributed by atoms with Gasteiger partial charge in [0.25, 0.3) is 0 Å². The molecule has 10 heteroatoms. The fourth-order valence-corrected chi connectivity index (χ4v) is 4.20. The predicted molar refractivity (Wildman–Crippen MR) is 108 cm³/mol. The number of fused-ring (bicyclic) bond motifs is 2. The van der Waals surface area contributed by atoms with Crippen LogP contribution in [0.1, 0.15) is 24.7 Å². The van der Waals surface area contributed by atoms with Crippen LogP contribution < -0.4 is 0 Å². The van der Waals surface area contributed by atoms with Gasteiger partial charge in [0.2, 0.25) is 11.2 Å². The molecule has 4 aromatic rings. The minimum absolute atomic E-state index is 0.00803. The molecule has 29 heavy (non-hydrogen) atoms. The van der Waals surface area contributed by atoms with Crippen molar-refractivity contribution in [3.63, 3.8) is 0 Å². The van der Waals surface area contributed by atoms with Crippen molar-refractivity contribution in [3.8, 4) is 0 Å². The van der Waals surface area contributed by atoms with Crippen molar-refractivity contribution in [2.24, 2.45) is 0 Å². The summed E-state index contributed by atoms with van der Waals surface area (Å²) in [6.45, 7) is 1.41. The lowest BCUT2D eigenvalue weighted by atomic mass is 9.97. The molecule has 4 heterocycles. The lowest BCUT2D eigenvalue weighted by Gasteiger charge is -2.30. The van der Waals surface area contributed by atoms with Crippen LogP contribution in [0.3, 0.4) is 0 Å². The van der Waals surface area contributed by atoms with Gasteiger partial charge >= 0.3 is 0 Å². The summed E-state index contributed by atoms with van der Waals surface area (Å²) in [7, 11) is 0. The van der Waals surface area contributed by atoms with E-state index in [0.29, 0.717) is 24.3 Å². The highest BCUT2D eigenvalue weighted by atomic mass is 35.5. The van der Waals surface area contributed by atoms with Gasteiger partial charge in [0, 0.05) is 19.0 Å². The zero-order valence-electron chi connectivity index (χ0n) is 15.3. The van der Waals surface area contributed by atoms with Gasteiger partial charge in [-0.05, 0) is 36.6 Å². The number of halogens is 2. The first-order chi connectivity index (χ1) is 14.1. The molecule has 0 atom stereocenters. The van der Waals surface area contributed by atoms with Gasteiger partial charge in [-0.1, -0.05) is 23.7 Å². The van der Waals surface area contributed by atoms with E-state index in [1.807, 2.05) is 29.2 Å². The van der Waals surface area contributed by atoms with Crippen LogP contribution in [0.15, 0.2) is 35.0 Å². The number of nitrogens with zero attached hydrogens (tertiary/aromatic N) is 6. The number of piperidine rings is 1. The van der Waals surface area contributed by atoms with Crippen molar-refractivity contribution in [2.45, 2.75) is 25.3 Å². The third kappa shape index (κ3) is 3.42. The van der Waals surface area contributed by atoms with Gasteiger partial charge in [-0.15, -0.1) is 0 Å². The monoisotopic (exact) mass is 430 g/mol. The van der Waals surface area contributed by atoms with Crippen LogP contribution in [-0.4, -0.2) is 48.4 Å². The Balaban J connectivity index is 1.27. The molecule has 1 fully saturated rings. The average Bonchev–Trinajstić information content (AvgIpc) is 3.32. The summed E-state index contributed by atoms with van der Waals surface area (Å²) in [6.07, 6.45) is 3.15. The third-order valence-corrected chi connectivity index (χ3v) is 5.65. The molecule has 0 radical (unpaired) electrons. The molecule has 0 N–H and O–H groups in total. The molecule has 0 aliphatic carbocycles. The minimum atomic E-state index is -0.00803. The number of rotatable bonds is 3. The summed E-state index contributed by atoms with van der Waals surface area (Å²) in [4.78, 5) is 31.4. The molecule has 1 aliphatic heterocycles. The molecule has 0 bridgehead atoms. The first-order valence-electron chi connectivity index (χ1n) is 9.25. The number of imidazole rings is 1. The van der Waals surface area contributed by atoms with Crippen molar-refractivity contribution in [3.05, 3.63) is 46.9 Å². The number of likely N-dealkylation sites (tertiary alicyclic amines) is 1. The molecular weight excluding hydrogens is 415 g/mol. The average molecular weight is 431 g/mol. The van der Waals surface area contributed by atoms with E-state index in [0.717, 1.165) is 29.8 Å². The van der Waals surface area contributed by atoms with E-state index in [1.165, 1.54) is 6.33 Å². The van der Waals surface area contributed by atoms with E-state index in [-0.39, 0.29) is 28.8 Å². The maximum atomic E-state index is 12.8. The number of para-hydroxylation sites is 2. The molecule has 8 nitrogen and oxygen atoms in total. The zero-order valence-corrected chi connectivity index (χ0v) is 16.8. The van der Waals surface area contributed by atoms with Gasteiger partial charge in [-0.3, -0.25) is 4.79 Å². The second-order valence-electron chi connectivity index (χ2n) is 7.00. The highest BCUT2D eigenvalue weighted by Crippen LogP contribution is 2.30. The van der Waals surface area contributed by atoms with Crippen molar-refractivity contribution in [1.29, 1.82) is 0 Å². The molecule has 0 saturated carbocycles. The van der Waals surface area contributed by atoms with E-state index >= 15 is 0 Å². The highest BCUT2D eigenvalue weighted by molar-refractivity contribution is 6.35. The third-order valence-electron chi connectivity index (χ3n) is 5.22. The lowest BCUT2D eigenvalue weighted by molar-refractivity contribution is -0.132. The number of hydrogen-bond donors (Lipinski definition) is 0. The van der Waals surface area contributed by atoms with Gasteiger partial charge in [0.15, 0.2) is 22.3 Å². The molecule has 148 valence electrons. The Kier molecular flexibility index (Phi) is 4.60. The Morgan fingerprint density at radius 3 is 2.72 bits per heavy atom. The number of amides is 1. The molecule has 3 aromatic heterocycles. The van der Waals surface area contributed by atoms with Gasteiger partial charge in [0.05, 0.1) is 6.33 Å². The van der Waals surface area contributed by atoms with Crippen molar-refractivity contribution in [2.75, 3.05) is 13.1 Å². The van der Waals surface area contributed by atoms with Crippen molar-refractivity contribution in [1.82, 2.24) is 29.4 Å². The molecule has 0 unspecified atom stereocenters. The zero-order chi connectivity index (χ0) is 20.0. The van der Waals surface area contributed by atoms with Crippen LogP contribution >= 0.6 is 23.2 Å². The van der Waals surface area contributed by atoms with Crippen molar-refractivity contribution < 1.29 is 9.21 Å². The summed E-state index contributed by atoms with van der Waals surface area (Å²) in [5, 5.41) is 0.209. The Labute approximate surface area is 175 Å². The summed E-state index contributed by atoms with van der Waals surface area (Å²) >= 11 is 12.0. The summed E-state index contributed by atoms with van der Waals surface area (Å²) in [5.74, 6) is 0.955. The largest absolute Gasteiger partial charge is 0.440 e. The van der Waals surface area contributed by atoms with Crippen LogP contribution in [0.25, 0.3) is 22.3 Å². The van der Waals surface area contributed by atoms with Crippen LogP contribution in [0.4, 0.5) is 0 Å². The van der Waals surface area contributed by atoms with E-state index in [4.69, 9.17) is 27.6 Å². The molecule has 0 spiro atoms. The smallest absolute Gasteiger partial charge is 0.242 e. The molecule has 5 rings (SSSR count). The number of hydrogen-bond acceptors (Lipinski definition) is 6. The highest BCUT2D eigenvalue weighted by Gasteiger charge is 2.27. The molecule has 1 amide bonds. The number of benzene rings is 1. The Bertz CT molecular complexity index is 1180. The predicted octanol–water partition coefficient (Wildman–Crippen LogP) is 3.68. The quantitative estimate of drug-likeness (QED) is 0.363. The second-order valence-corrected chi connectivity index (χ2v) is 7.70. The van der Waals surface area contributed by atoms with Gasteiger partial charge in [-0.25, -0.2) is 15.0 Å². The first-order valence-corrected chi connectivity index (χ1v) is 10.0. The fourth-order valence-electron chi connectivity index (χ4n) is 3.72. The van der Waals surface area contributed by atoms with Gasteiger partial charge in [-0.2, -0.15) is 4.98 Å². The SMILES string of the molecule is O=C(Cn1cnc2nc(Cl)nc(Cl)c21)N1CCC(c2nc3ccccc3o2)CC1. The Morgan fingerprint density at radius 2 is 1.93 bits per heavy atom. The van der Waals surface area contributed by atoms with Crippen molar-refractivity contribution >= 4 is 51.4 Å². The first kappa shape index (κ1) is 18.3. The van der Waals surface area contributed by atoms with E-state index < -0.39 is 0 Å². The van der Waals surface area contributed by atoms with Crippen LogP contribution in [0.2, 0.25) is 10.4 Å². The second kappa shape index (κ2) is 7.27. The van der Waals surface area contributed by atoms with Gasteiger partial charge in [0.1, 0.15) is 17.6 Å².